The van der Waals surface area contributed by atoms with Gasteiger partial charge < -0.3 is 20.1 Å². The molecule has 2 aromatic heterocycles. The summed E-state index contributed by atoms with van der Waals surface area (Å²) in [7, 11) is -2.47. The van der Waals surface area contributed by atoms with E-state index in [9.17, 15) is 12.8 Å². The number of piperidine rings is 1. The van der Waals surface area contributed by atoms with Crippen LogP contribution in [0.3, 0.4) is 0 Å². The molecule has 216 valence electrons. The average Bonchev–Trinajstić information content (AvgIpc) is 2.96. The Morgan fingerprint density at radius 2 is 1.95 bits per heavy atom. The highest BCUT2D eigenvalue weighted by Gasteiger charge is 2.22. The van der Waals surface area contributed by atoms with Crippen molar-refractivity contribution < 1.29 is 22.3 Å². The molecule has 1 aliphatic rings. The van der Waals surface area contributed by atoms with Crippen LogP contribution in [0.2, 0.25) is 0 Å². The van der Waals surface area contributed by atoms with Gasteiger partial charge in [0.2, 0.25) is 21.9 Å². The first kappa shape index (κ1) is 28.7. The highest BCUT2D eigenvalue weighted by molar-refractivity contribution is 7.92. The number of methoxy groups -OCH3 is 1. The molecular weight excluding hydrogens is 547 g/mol. The molecule has 0 radical (unpaired) electrons. The second kappa shape index (κ2) is 12.3. The van der Waals surface area contributed by atoms with Crippen LogP contribution in [-0.2, 0) is 14.8 Å². The Kier molecular flexibility index (Phi) is 8.62. The molecule has 12 heteroatoms. The second-order valence-corrected chi connectivity index (χ2v) is 11.8. The summed E-state index contributed by atoms with van der Waals surface area (Å²) in [5, 5.41) is 7.64. The van der Waals surface area contributed by atoms with Gasteiger partial charge in [-0.25, -0.2) is 27.8 Å². The van der Waals surface area contributed by atoms with E-state index in [1.54, 1.807) is 49.6 Å². The number of aryl methyl sites for hydroxylation is 1. The number of hydrogen-bond acceptors (Lipinski definition) is 9. The van der Waals surface area contributed by atoms with Crippen molar-refractivity contribution in [1.82, 2.24) is 20.3 Å². The van der Waals surface area contributed by atoms with E-state index >= 15 is 0 Å². The number of rotatable bonds is 10. The van der Waals surface area contributed by atoms with Crippen molar-refractivity contribution in [1.29, 1.82) is 0 Å². The summed E-state index contributed by atoms with van der Waals surface area (Å²) in [6, 6.07) is 11.9. The van der Waals surface area contributed by atoms with Crippen molar-refractivity contribution >= 4 is 32.4 Å². The monoisotopic (exact) mass is 580 g/mol. The molecule has 0 bridgehead atoms. The van der Waals surface area contributed by atoms with Crippen LogP contribution in [0, 0.1) is 12.7 Å². The maximum absolute atomic E-state index is 15.0. The highest BCUT2D eigenvalue weighted by atomic mass is 32.2. The van der Waals surface area contributed by atoms with Gasteiger partial charge in [0.25, 0.3) is 0 Å². The molecule has 41 heavy (non-hydrogen) atoms. The third-order valence-electron chi connectivity index (χ3n) is 6.94. The summed E-state index contributed by atoms with van der Waals surface area (Å²) >= 11 is 0. The summed E-state index contributed by atoms with van der Waals surface area (Å²) in [6.45, 7) is 5.34. The Bertz CT molecular complexity index is 1650. The van der Waals surface area contributed by atoms with Crippen molar-refractivity contribution in [2.75, 3.05) is 36.0 Å². The van der Waals surface area contributed by atoms with Gasteiger partial charge >= 0.3 is 0 Å². The third kappa shape index (κ3) is 6.72. The van der Waals surface area contributed by atoms with Crippen molar-refractivity contribution in [3.05, 3.63) is 66.2 Å². The van der Waals surface area contributed by atoms with Crippen molar-refractivity contribution in [2.24, 2.45) is 0 Å². The lowest BCUT2D eigenvalue weighted by molar-refractivity contribution is 0.136. The highest BCUT2D eigenvalue weighted by Crippen LogP contribution is 2.39. The number of hydrogen-bond donors (Lipinski definition) is 3. The van der Waals surface area contributed by atoms with E-state index in [1.807, 2.05) is 13.0 Å². The van der Waals surface area contributed by atoms with E-state index in [0.717, 1.165) is 31.5 Å². The van der Waals surface area contributed by atoms with Gasteiger partial charge in [0.1, 0.15) is 11.6 Å². The summed E-state index contributed by atoms with van der Waals surface area (Å²) in [5.74, 6) is 0.219. The number of nitrogens with zero attached hydrogens (tertiary/aromatic N) is 3. The number of benzene rings is 2. The number of halogens is 1. The zero-order valence-electron chi connectivity index (χ0n) is 23.1. The zero-order valence-corrected chi connectivity index (χ0v) is 24.0. The fourth-order valence-electron chi connectivity index (χ4n) is 4.77. The fraction of sp³-hybridized carbons (Fsp3) is 0.345. The molecule has 1 unspecified atom stereocenters. The maximum Gasteiger partial charge on any atom is 0.235 e. The molecule has 3 heterocycles. The predicted molar refractivity (Wildman–Crippen MR) is 157 cm³/mol. The number of pyridine rings is 1. The van der Waals surface area contributed by atoms with E-state index in [0.29, 0.717) is 39.6 Å². The van der Waals surface area contributed by atoms with Crippen LogP contribution in [0.1, 0.15) is 25.3 Å². The van der Waals surface area contributed by atoms with E-state index in [1.165, 1.54) is 13.2 Å². The molecule has 0 saturated carbocycles. The second-order valence-electron chi connectivity index (χ2n) is 10.1. The van der Waals surface area contributed by atoms with Crippen LogP contribution in [0.5, 0.6) is 11.6 Å². The van der Waals surface area contributed by atoms with Gasteiger partial charge in [0, 0.05) is 42.9 Å². The van der Waals surface area contributed by atoms with Crippen molar-refractivity contribution in [3.63, 3.8) is 0 Å². The Labute approximate surface area is 238 Å². The first-order valence-corrected chi connectivity index (χ1v) is 15.1. The Balaban J connectivity index is 1.49. The van der Waals surface area contributed by atoms with Gasteiger partial charge in [-0.2, -0.15) is 0 Å². The van der Waals surface area contributed by atoms with Gasteiger partial charge in [-0.15, -0.1) is 0 Å². The Morgan fingerprint density at radius 1 is 1.12 bits per heavy atom. The lowest BCUT2D eigenvalue weighted by atomic mass is 10.0. The first-order chi connectivity index (χ1) is 19.7. The molecule has 0 aliphatic carbocycles. The van der Waals surface area contributed by atoms with Gasteiger partial charge in [-0.05, 0) is 69.1 Å². The third-order valence-corrected chi connectivity index (χ3v) is 8.37. The van der Waals surface area contributed by atoms with Crippen LogP contribution in [-0.4, -0.2) is 61.5 Å². The van der Waals surface area contributed by atoms with E-state index in [2.05, 4.69) is 25.3 Å². The van der Waals surface area contributed by atoms with E-state index < -0.39 is 21.9 Å². The Morgan fingerprint density at radius 3 is 2.73 bits per heavy atom. The zero-order chi connectivity index (χ0) is 29.0. The van der Waals surface area contributed by atoms with Crippen LogP contribution >= 0.6 is 0 Å². The number of aromatic nitrogens is 3. The van der Waals surface area contributed by atoms with E-state index in [-0.39, 0.29) is 17.5 Å². The molecule has 1 aliphatic heterocycles. The molecular formula is C29H33FN6O4S. The van der Waals surface area contributed by atoms with Gasteiger partial charge in [-0.1, -0.05) is 12.1 Å². The van der Waals surface area contributed by atoms with E-state index in [4.69, 9.17) is 14.5 Å². The maximum atomic E-state index is 15.0. The normalized spacial score (nSPS) is 16.3. The first-order valence-electron chi connectivity index (χ1n) is 13.4. The summed E-state index contributed by atoms with van der Waals surface area (Å²) in [4.78, 5) is 13.6. The smallest absolute Gasteiger partial charge is 0.235 e. The molecule has 1 saturated heterocycles. The fourth-order valence-corrected chi connectivity index (χ4v) is 6.13. The number of nitrogens with one attached hydrogen (secondary N) is 3. The van der Waals surface area contributed by atoms with Crippen molar-refractivity contribution in [3.8, 4) is 22.9 Å². The number of sulfonamides is 1. The van der Waals surface area contributed by atoms with Crippen LogP contribution < -0.4 is 20.1 Å². The quantitative estimate of drug-likeness (QED) is 0.241. The molecule has 2 aromatic carbocycles. The topological polar surface area (TPSA) is 127 Å². The minimum atomic E-state index is -3.89. The van der Waals surface area contributed by atoms with Crippen LogP contribution in [0.4, 0.5) is 16.0 Å². The number of fused-ring (bicyclic) bond motifs is 1. The molecule has 0 spiro atoms. The molecule has 10 nitrogen and oxygen atoms in total. The lowest BCUT2D eigenvalue weighted by Gasteiger charge is -2.23. The largest absolute Gasteiger partial charge is 0.437 e. The number of anilines is 2. The standard InChI is InChI=1S/C29H33FN6O4S/c1-18-8-9-21-22(10-11-24(30)26(21)36-41(37,38)17-19(2)39-3)27(18)40-28-23(7-5-14-32-28)25-12-15-33-29(35-25)34-20-6-4-13-31-16-20/h5,7-12,14-15,19-20,31,36H,4,6,13,16-17H2,1-3H3,(H,33,34,35)/t19?,20-/m0/s1. The number of ether oxygens (including phenoxy) is 2. The molecule has 4 aromatic rings. The average molecular weight is 581 g/mol. The molecule has 1 fully saturated rings. The van der Waals surface area contributed by atoms with Gasteiger partial charge in [0.15, 0.2) is 0 Å². The molecule has 2 atom stereocenters. The predicted octanol–water partition coefficient (Wildman–Crippen LogP) is 4.87. The molecule has 5 rings (SSSR count). The van der Waals surface area contributed by atoms with Crippen molar-refractivity contribution in [2.45, 2.75) is 38.8 Å². The van der Waals surface area contributed by atoms with Crippen LogP contribution in [0.15, 0.2) is 54.9 Å². The summed E-state index contributed by atoms with van der Waals surface area (Å²) < 4.78 is 54.3. The molecule has 0 amide bonds. The minimum Gasteiger partial charge on any atom is -0.437 e. The van der Waals surface area contributed by atoms with Gasteiger partial charge in [0.05, 0.1) is 28.8 Å². The minimum absolute atomic E-state index is 0.152. The SMILES string of the molecule is COC(C)CS(=O)(=O)Nc1c(F)ccc2c(Oc3ncccc3-c3ccnc(N[C@H]4CCCNC4)n3)c(C)ccc12. The Hall–Kier alpha value is -3.87. The summed E-state index contributed by atoms with van der Waals surface area (Å²) in [6.07, 6.45) is 4.86. The lowest BCUT2D eigenvalue weighted by Crippen LogP contribution is -2.38. The molecule has 3 N–H and O–H groups in total. The van der Waals surface area contributed by atoms with Crippen LogP contribution in [0.25, 0.3) is 22.0 Å². The summed E-state index contributed by atoms with van der Waals surface area (Å²) in [5.41, 5.74) is 1.88. The van der Waals surface area contributed by atoms with Gasteiger partial charge in [-0.3, -0.25) is 4.72 Å².